The molecule has 0 heterocycles. The van der Waals surface area contributed by atoms with E-state index in [1.807, 2.05) is 21.1 Å². The molecule has 3 atom stereocenters. The molecule has 0 aromatic carbocycles. The minimum atomic E-state index is -4.56. The summed E-state index contributed by atoms with van der Waals surface area (Å²) >= 11 is 0. The highest BCUT2D eigenvalue weighted by Crippen LogP contribution is 2.38. The number of nitrogens with zero attached hydrogens (tertiary/aromatic N) is 1. The van der Waals surface area contributed by atoms with Crippen molar-refractivity contribution in [3.8, 4) is 0 Å². The van der Waals surface area contributed by atoms with Crippen LogP contribution >= 0.6 is 7.82 Å². The van der Waals surface area contributed by atoms with Crippen molar-refractivity contribution in [2.75, 3.05) is 40.9 Å². The molecule has 0 spiro atoms. The molecule has 400 valence electrons. The molecule has 0 aliphatic rings. The minimum Gasteiger partial charge on any atom is -0.756 e. The van der Waals surface area contributed by atoms with Gasteiger partial charge in [0.25, 0.3) is 7.82 Å². The molecule has 9 heteroatoms. The lowest BCUT2D eigenvalue weighted by Crippen LogP contribution is -2.46. The van der Waals surface area contributed by atoms with Crippen molar-refractivity contribution in [2.45, 2.75) is 283 Å². The van der Waals surface area contributed by atoms with Gasteiger partial charge in [0, 0.05) is 6.42 Å². The number of rotatable bonds is 53. The number of carbonyl (C=O) groups is 1. The van der Waals surface area contributed by atoms with Crippen LogP contribution in [0.3, 0.4) is 0 Å². The maximum Gasteiger partial charge on any atom is 0.268 e. The van der Waals surface area contributed by atoms with E-state index < -0.39 is 20.0 Å². The Morgan fingerprint density at radius 3 is 1.31 bits per heavy atom. The van der Waals surface area contributed by atoms with E-state index >= 15 is 0 Å². The first-order valence-electron chi connectivity index (χ1n) is 29.0. The van der Waals surface area contributed by atoms with Gasteiger partial charge in [0.2, 0.25) is 5.91 Å². The SMILES string of the molecule is CC/C=C\C/C=C\C/C=C\C/C=C\CCCCCCCCCCCCCCCCCCCCCCCCC(=O)NC(COP(=O)([O-])OCC[N+](C)(C)C)C(O)CCCCCCCCCCCCC. The molecule has 3 unspecified atom stereocenters. The summed E-state index contributed by atoms with van der Waals surface area (Å²) in [4.78, 5) is 25.4. The Morgan fingerprint density at radius 1 is 0.529 bits per heavy atom. The van der Waals surface area contributed by atoms with Gasteiger partial charge in [-0.2, -0.15) is 0 Å². The number of phosphoric acid groups is 1. The highest BCUT2D eigenvalue weighted by molar-refractivity contribution is 7.45. The van der Waals surface area contributed by atoms with Crippen LogP contribution in [0.4, 0.5) is 0 Å². The minimum absolute atomic E-state index is 0.0134. The molecule has 0 saturated heterocycles. The van der Waals surface area contributed by atoms with Crippen LogP contribution in [0, 0.1) is 0 Å². The second kappa shape index (κ2) is 50.4. The topological polar surface area (TPSA) is 108 Å². The molecule has 0 aromatic heterocycles. The van der Waals surface area contributed by atoms with Crippen LogP contribution in [0.1, 0.15) is 271 Å². The molecule has 0 aliphatic heterocycles. The van der Waals surface area contributed by atoms with E-state index in [0.717, 1.165) is 64.2 Å². The van der Waals surface area contributed by atoms with Gasteiger partial charge in [0.05, 0.1) is 39.9 Å². The first kappa shape index (κ1) is 66.5. The number of amides is 1. The van der Waals surface area contributed by atoms with Gasteiger partial charge in [-0.1, -0.05) is 262 Å². The molecule has 0 radical (unpaired) electrons. The van der Waals surface area contributed by atoms with Gasteiger partial charge in [-0.25, -0.2) is 0 Å². The molecule has 0 bridgehead atoms. The number of aliphatic hydroxyl groups is 1. The molecule has 1 amide bonds. The summed E-state index contributed by atoms with van der Waals surface area (Å²) in [5.74, 6) is -0.162. The highest BCUT2D eigenvalue weighted by atomic mass is 31.2. The smallest absolute Gasteiger partial charge is 0.268 e. The zero-order valence-electron chi connectivity index (χ0n) is 45.6. The van der Waals surface area contributed by atoms with E-state index in [1.54, 1.807) is 0 Å². The van der Waals surface area contributed by atoms with Crippen molar-refractivity contribution >= 4 is 13.7 Å². The third-order valence-electron chi connectivity index (χ3n) is 13.1. The molecule has 0 saturated carbocycles. The number of hydrogen-bond acceptors (Lipinski definition) is 6. The largest absolute Gasteiger partial charge is 0.756 e. The van der Waals surface area contributed by atoms with Gasteiger partial charge < -0.3 is 28.8 Å². The summed E-state index contributed by atoms with van der Waals surface area (Å²) in [6, 6.07) is -0.797. The summed E-state index contributed by atoms with van der Waals surface area (Å²) in [6.07, 6.45) is 66.0. The number of nitrogens with one attached hydrogen (secondary N) is 1. The van der Waals surface area contributed by atoms with Crippen molar-refractivity contribution in [1.29, 1.82) is 0 Å². The lowest BCUT2D eigenvalue weighted by atomic mass is 10.0. The Bertz CT molecular complexity index is 1250. The standard InChI is InChI=1S/C59H113N2O6P/c1-6-8-10-12-14-16-18-19-20-21-22-23-24-25-26-27-28-29-30-31-32-33-34-35-36-37-38-39-40-41-43-45-47-49-51-53-59(63)60-57(56-67-68(64,65)66-55-54-61(3,4)5)58(62)52-50-48-46-44-42-17-15-13-11-9-7-2/h8,10,14,16,19-20,22-23,57-58,62H,6-7,9,11-13,15,17-18,21,24-56H2,1-5H3,(H-,60,63,64,65)/b10-8-,16-14-,20-19-,23-22-. The average molecular weight is 978 g/mol. The van der Waals surface area contributed by atoms with Crippen molar-refractivity contribution in [1.82, 2.24) is 5.32 Å². The second-order valence-corrected chi connectivity index (χ2v) is 22.4. The van der Waals surface area contributed by atoms with Crippen molar-refractivity contribution < 1.29 is 32.9 Å². The Kier molecular flexibility index (Phi) is 49.3. The monoisotopic (exact) mass is 977 g/mol. The number of quaternary nitrogens is 1. The van der Waals surface area contributed by atoms with Crippen LogP contribution in [-0.2, 0) is 18.4 Å². The summed E-state index contributed by atoms with van der Waals surface area (Å²) < 4.78 is 23.3. The summed E-state index contributed by atoms with van der Waals surface area (Å²) in [7, 11) is 1.31. The van der Waals surface area contributed by atoms with Crippen molar-refractivity contribution in [2.24, 2.45) is 0 Å². The fourth-order valence-electron chi connectivity index (χ4n) is 8.56. The predicted molar refractivity (Wildman–Crippen MR) is 293 cm³/mol. The average Bonchev–Trinajstić information content (AvgIpc) is 3.30. The van der Waals surface area contributed by atoms with Gasteiger partial charge >= 0.3 is 0 Å². The first-order valence-corrected chi connectivity index (χ1v) is 30.4. The Labute approximate surface area is 422 Å². The molecule has 8 nitrogen and oxygen atoms in total. The Morgan fingerprint density at radius 2 is 0.897 bits per heavy atom. The number of likely N-dealkylation sites (N-methyl/N-ethyl adjacent to an activating group) is 1. The van der Waals surface area contributed by atoms with Crippen LogP contribution in [0.5, 0.6) is 0 Å². The molecule has 0 aliphatic carbocycles. The van der Waals surface area contributed by atoms with E-state index in [2.05, 4.69) is 67.8 Å². The molecule has 0 aromatic rings. The highest BCUT2D eigenvalue weighted by Gasteiger charge is 2.24. The van der Waals surface area contributed by atoms with E-state index in [9.17, 15) is 19.4 Å². The van der Waals surface area contributed by atoms with E-state index in [1.165, 1.54) is 180 Å². The summed E-state index contributed by atoms with van der Waals surface area (Å²) in [6.45, 7) is 4.61. The van der Waals surface area contributed by atoms with Gasteiger partial charge in [0.1, 0.15) is 13.2 Å². The van der Waals surface area contributed by atoms with E-state index in [4.69, 9.17) is 9.05 Å². The number of carbonyl (C=O) groups excluding carboxylic acids is 1. The van der Waals surface area contributed by atoms with Gasteiger partial charge in [-0.05, 0) is 51.4 Å². The zero-order valence-corrected chi connectivity index (χ0v) is 46.5. The van der Waals surface area contributed by atoms with Gasteiger partial charge in [0.15, 0.2) is 0 Å². The lowest BCUT2D eigenvalue weighted by Gasteiger charge is -2.30. The molecular weight excluding hydrogens is 864 g/mol. The van der Waals surface area contributed by atoms with Crippen molar-refractivity contribution in [3.63, 3.8) is 0 Å². The fraction of sp³-hybridized carbons (Fsp3) is 0.847. The number of aliphatic hydroxyl groups excluding tert-OH is 1. The normalized spacial score (nSPS) is 14.3. The molecule has 68 heavy (non-hydrogen) atoms. The van der Waals surface area contributed by atoms with Crippen LogP contribution < -0.4 is 10.2 Å². The Hall–Kier alpha value is -1.54. The maximum atomic E-state index is 12.9. The second-order valence-electron chi connectivity index (χ2n) is 21.0. The quantitative estimate of drug-likeness (QED) is 0.0272. The summed E-state index contributed by atoms with van der Waals surface area (Å²) in [5.41, 5.74) is 0. The summed E-state index contributed by atoms with van der Waals surface area (Å²) in [5, 5.41) is 13.9. The number of phosphoric ester groups is 1. The lowest BCUT2D eigenvalue weighted by molar-refractivity contribution is -0.870. The zero-order chi connectivity index (χ0) is 49.9. The number of hydrogen-bond donors (Lipinski definition) is 2. The fourth-order valence-corrected chi connectivity index (χ4v) is 9.29. The van der Waals surface area contributed by atoms with E-state index in [-0.39, 0.29) is 19.1 Å². The molecule has 0 rings (SSSR count). The predicted octanol–water partition coefficient (Wildman–Crippen LogP) is 16.9. The van der Waals surface area contributed by atoms with E-state index in [0.29, 0.717) is 23.9 Å². The Balaban J connectivity index is 3.90. The number of allylic oxidation sites excluding steroid dienone is 8. The number of unbranched alkanes of at least 4 members (excludes halogenated alkanes) is 32. The third kappa shape index (κ3) is 52.3. The van der Waals surface area contributed by atoms with Crippen LogP contribution in [0.2, 0.25) is 0 Å². The third-order valence-corrected chi connectivity index (χ3v) is 14.0. The molecule has 2 N–H and O–H groups in total. The van der Waals surface area contributed by atoms with Gasteiger partial charge in [-0.15, -0.1) is 0 Å². The molecular formula is C59H113N2O6P. The van der Waals surface area contributed by atoms with Crippen LogP contribution in [-0.4, -0.2) is 68.5 Å². The van der Waals surface area contributed by atoms with Crippen molar-refractivity contribution in [3.05, 3.63) is 48.6 Å². The first-order chi connectivity index (χ1) is 33.0. The maximum absolute atomic E-state index is 12.9. The van der Waals surface area contributed by atoms with Gasteiger partial charge in [-0.3, -0.25) is 9.36 Å². The van der Waals surface area contributed by atoms with Crippen LogP contribution in [0.25, 0.3) is 0 Å². The molecule has 0 fully saturated rings. The van der Waals surface area contributed by atoms with Crippen LogP contribution in [0.15, 0.2) is 48.6 Å².